The molecule has 1 saturated heterocycles. The van der Waals surface area contributed by atoms with E-state index in [4.69, 9.17) is 5.73 Å². The van der Waals surface area contributed by atoms with E-state index < -0.39 is 18.1 Å². The number of halogens is 3. The molecule has 1 heterocycles. The Morgan fingerprint density at radius 3 is 2.25 bits per heavy atom. The summed E-state index contributed by atoms with van der Waals surface area (Å²) >= 11 is 0. The van der Waals surface area contributed by atoms with Gasteiger partial charge in [0.1, 0.15) is 0 Å². The van der Waals surface area contributed by atoms with Crippen molar-refractivity contribution in [1.29, 1.82) is 0 Å². The zero-order valence-corrected chi connectivity index (χ0v) is 9.48. The molecule has 1 saturated carbocycles. The van der Waals surface area contributed by atoms with Crippen LogP contribution in [0.4, 0.5) is 13.2 Å². The predicted octanol–water partition coefficient (Wildman–Crippen LogP) is 1.90. The van der Waals surface area contributed by atoms with Crippen LogP contribution in [-0.2, 0) is 0 Å². The summed E-state index contributed by atoms with van der Waals surface area (Å²) in [6.07, 6.45) is -1.95. The van der Waals surface area contributed by atoms with E-state index >= 15 is 0 Å². The maximum absolute atomic E-state index is 12.9. The largest absolute Gasteiger partial charge is 0.393 e. The van der Waals surface area contributed by atoms with Crippen LogP contribution in [0.15, 0.2) is 0 Å². The molecule has 0 bridgehead atoms. The minimum atomic E-state index is -4.15. The van der Waals surface area contributed by atoms with Gasteiger partial charge in [-0.3, -0.25) is 0 Å². The van der Waals surface area contributed by atoms with Crippen LogP contribution in [0.1, 0.15) is 26.2 Å². The normalized spacial score (nSPS) is 39.2. The molecule has 0 aromatic carbocycles. The highest BCUT2D eigenvalue weighted by molar-refractivity contribution is 5.05. The number of piperidine rings is 1. The third kappa shape index (κ3) is 1.84. The second-order valence-corrected chi connectivity index (χ2v) is 5.39. The van der Waals surface area contributed by atoms with Crippen molar-refractivity contribution in [2.75, 3.05) is 13.1 Å². The summed E-state index contributed by atoms with van der Waals surface area (Å²) in [7, 11) is 0. The Morgan fingerprint density at radius 1 is 1.25 bits per heavy atom. The second kappa shape index (κ2) is 3.88. The van der Waals surface area contributed by atoms with E-state index in [-0.39, 0.29) is 11.3 Å². The van der Waals surface area contributed by atoms with Gasteiger partial charge in [-0.25, -0.2) is 0 Å². The smallest absolute Gasteiger partial charge is 0.327 e. The van der Waals surface area contributed by atoms with Crippen LogP contribution in [0.3, 0.4) is 0 Å². The SMILES string of the molecule is CC1CC2(CCNCC2)C(N)[C@@H]1C(F)(F)F. The van der Waals surface area contributed by atoms with Gasteiger partial charge < -0.3 is 11.1 Å². The number of hydrogen-bond donors (Lipinski definition) is 2. The van der Waals surface area contributed by atoms with Crippen molar-refractivity contribution in [3.8, 4) is 0 Å². The topological polar surface area (TPSA) is 38.0 Å². The lowest BCUT2D eigenvalue weighted by Crippen LogP contribution is -2.50. The van der Waals surface area contributed by atoms with Crippen molar-refractivity contribution in [3.05, 3.63) is 0 Å². The van der Waals surface area contributed by atoms with Gasteiger partial charge in [0.2, 0.25) is 0 Å². The lowest BCUT2D eigenvalue weighted by molar-refractivity contribution is -0.187. The molecule has 2 rings (SSSR count). The molecule has 0 aromatic rings. The lowest BCUT2D eigenvalue weighted by atomic mass is 9.73. The molecule has 5 heteroatoms. The summed E-state index contributed by atoms with van der Waals surface area (Å²) in [5.74, 6) is -1.65. The molecule has 2 nitrogen and oxygen atoms in total. The average Bonchev–Trinajstić information content (AvgIpc) is 2.38. The Bertz CT molecular complexity index is 258. The minimum Gasteiger partial charge on any atom is -0.327 e. The van der Waals surface area contributed by atoms with Crippen LogP contribution in [0.25, 0.3) is 0 Å². The molecule has 94 valence electrons. The molecule has 3 N–H and O–H groups in total. The van der Waals surface area contributed by atoms with Gasteiger partial charge in [0.25, 0.3) is 0 Å². The third-order valence-electron chi connectivity index (χ3n) is 4.41. The van der Waals surface area contributed by atoms with Gasteiger partial charge in [-0.1, -0.05) is 6.92 Å². The van der Waals surface area contributed by atoms with Gasteiger partial charge in [-0.05, 0) is 43.7 Å². The minimum absolute atomic E-state index is 0.273. The Labute approximate surface area is 93.8 Å². The first-order chi connectivity index (χ1) is 7.37. The fourth-order valence-corrected chi connectivity index (χ4v) is 3.63. The number of nitrogens with one attached hydrogen (secondary N) is 1. The van der Waals surface area contributed by atoms with Crippen molar-refractivity contribution in [2.24, 2.45) is 23.0 Å². The predicted molar refractivity (Wildman–Crippen MR) is 55.8 cm³/mol. The maximum Gasteiger partial charge on any atom is 0.393 e. The van der Waals surface area contributed by atoms with Crippen LogP contribution >= 0.6 is 0 Å². The highest BCUT2D eigenvalue weighted by atomic mass is 19.4. The van der Waals surface area contributed by atoms with Crippen LogP contribution in [0.5, 0.6) is 0 Å². The Morgan fingerprint density at radius 2 is 1.81 bits per heavy atom. The fourth-order valence-electron chi connectivity index (χ4n) is 3.63. The Balaban J connectivity index is 2.20. The Hall–Kier alpha value is -0.290. The van der Waals surface area contributed by atoms with Crippen LogP contribution in [0, 0.1) is 17.3 Å². The first-order valence-electron chi connectivity index (χ1n) is 5.90. The highest BCUT2D eigenvalue weighted by Gasteiger charge is 2.59. The van der Waals surface area contributed by atoms with Gasteiger partial charge in [-0.15, -0.1) is 0 Å². The zero-order chi connectivity index (χ0) is 12.0. The zero-order valence-electron chi connectivity index (χ0n) is 9.48. The third-order valence-corrected chi connectivity index (χ3v) is 4.41. The van der Waals surface area contributed by atoms with Crippen LogP contribution < -0.4 is 11.1 Å². The van der Waals surface area contributed by atoms with Crippen molar-refractivity contribution in [1.82, 2.24) is 5.32 Å². The maximum atomic E-state index is 12.9. The molecule has 1 spiro atoms. The molecule has 2 unspecified atom stereocenters. The molecular formula is C11H19F3N2. The summed E-state index contributed by atoms with van der Waals surface area (Å²) in [6.45, 7) is 3.28. The molecule has 2 fully saturated rings. The molecule has 1 aliphatic heterocycles. The molecular weight excluding hydrogens is 217 g/mol. The van der Waals surface area contributed by atoms with E-state index in [1.54, 1.807) is 6.92 Å². The summed E-state index contributed by atoms with van der Waals surface area (Å²) in [6, 6.07) is -0.718. The van der Waals surface area contributed by atoms with E-state index in [1.165, 1.54) is 0 Å². The van der Waals surface area contributed by atoms with Crippen molar-refractivity contribution >= 4 is 0 Å². The van der Waals surface area contributed by atoms with E-state index in [0.717, 1.165) is 25.9 Å². The fraction of sp³-hybridized carbons (Fsp3) is 1.00. The molecule has 2 aliphatic rings. The van der Waals surface area contributed by atoms with Gasteiger partial charge >= 0.3 is 6.18 Å². The van der Waals surface area contributed by atoms with Crippen LogP contribution in [0.2, 0.25) is 0 Å². The van der Waals surface area contributed by atoms with Crippen molar-refractivity contribution in [3.63, 3.8) is 0 Å². The molecule has 3 atom stereocenters. The molecule has 1 aliphatic carbocycles. The quantitative estimate of drug-likeness (QED) is 0.674. The van der Waals surface area contributed by atoms with Gasteiger partial charge in [0, 0.05) is 6.04 Å². The van der Waals surface area contributed by atoms with Gasteiger partial charge in [-0.2, -0.15) is 13.2 Å². The lowest BCUT2D eigenvalue weighted by Gasteiger charge is -2.39. The monoisotopic (exact) mass is 236 g/mol. The summed E-state index contributed by atoms with van der Waals surface area (Å²) in [5, 5.41) is 3.19. The second-order valence-electron chi connectivity index (χ2n) is 5.39. The molecule has 0 radical (unpaired) electrons. The first kappa shape index (κ1) is 12.2. The van der Waals surface area contributed by atoms with Crippen molar-refractivity contribution in [2.45, 2.75) is 38.4 Å². The molecule has 0 amide bonds. The summed E-state index contributed by atoms with van der Waals surface area (Å²) in [5.41, 5.74) is 5.64. The Kier molecular flexibility index (Phi) is 2.95. The summed E-state index contributed by atoms with van der Waals surface area (Å²) < 4.78 is 38.7. The first-order valence-corrected chi connectivity index (χ1v) is 5.90. The van der Waals surface area contributed by atoms with E-state index in [9.17, 15) is 13.2 Å². The van der Waals surface area contributed by atoms with Gasteiger partial charge in [0.15, 0.2) is 0 Å². The molecule has 16 heavy (non-hydrogen) atoms. The number of hydrogen-bond acceptors (Lipinski definition) is 2. The van der Waals surface area contributed by atoms with Crippen molar-refractivity contribution < 1.29 is 13.2 Å². The summed E-state index contributed by atoms with van der Waals surface area (Å²) in [4.78, 5) is 0. The van der Waals surface area contributed by atoms with E-state index in [2.05, 4.69) is 5.32 Å². The number of nitrogens with two attached hydrogens (primary N) is 1. The molecule has 0 aromatic heterocycles. The van der Waals surface area contributed by atoms with Gasteiger partial charge in [0.05, 0.1) is 5.92 Å². The standard InChI is InChI=1S/C11H19F3N2/c1-7-6-10(2-4-16-5-3-10)9(15)8(7)11(12,13)14/h7-9,16H,2-6,15H2,1H3/t7?,8-,9?/m1/s1. The van der Waals surface area contributed by atoms with E-state index in [0.29, 0.717) is 6.42 Å². The van der Waals surface area contributed by atoms with E-state index in [1.807, 2.05) is 0 Å². The number of rotatable bonds is 0. The average molecular weight is 236 g/mol. The highest BCUT2D eigenvalue weighted by Crippen LogP contribution is 2.54. The number of alkyl halides is 3. The van der Waals surface area contributed by atoms with Crippen LogP contribution in [-0.4, -0.2) is 25.3 Å².